The fourth-order valence-electron chi connectivity index (χ4n) is 1.62. The second-order valence-electron chi connectivity index (χ2n) is 3.32. The Morgan fingerprint density at radius 2 is 1.93 bits per heavy atom. The van der Waals surface area contributed by atoms with E-state index in [9.17, 15) is 9.59 Å². The molecule has 2 unspecified atom stereocenters. The van der Waals surface area contributed by atoms with Crippen LogP contribution in [0.5, 0.6) is 0 Å². The van der Waals surface area contributed by atoms with Crippen LogP contribution in [-0.2, 0) is 14.3 Å². The highest BCUT2D eigenvalue weighted by Crippen LogP contribution is 2.32. The Labute approximate surface area is 88.6 Å². The van der Waals surface area contributed by atoms with Crippen molar-refractivity contribution in [2.24, 2.45) is 11.8 Å². The highest BCUT2D eigenvalue weighted by molar-refractivity contribution is 7.99. The van der Waals surface area contributed by atoms with Crippen molar-refractivity contribution in [3.63, 3.8) is 0 Å². The summed E-state index contributed by atoms with van der Waals surface area (Å²) in [6.45, 7) is 4.03. The zero-order chi connectivity index (χ0) is 10.6. The maximum atomic E-state index is 11.5. The summed E-state index contributed by atoms with van der Waals surface area (Å²) in [6.07, 6.45) is 0.515. The molecule has 1 rings (SSSR count). The molecule has 2 atom stereocenters. The lowest BCUT2D eigenvalue weighted by Crippen LogP contribution is -2.29. The number of hydrogen-bond acceptors (Lipinski definition) is 4. The molecule has 1 heterocycles. The number of hydrogen-bond donors (Lipinski definition) is 0. The normalized spacial score (nSPS) is 26.1. The number of thioether (sulfide) groups is 1. The zero-order valence-corrected chi connectivity index (χ0v) is 9.43. The van der Waals surface area contributed by atoms with Crippen LogP contribution in [0.4, 0.5) is 0 Å². The first kappa shape index (κ1) is 11.6. The second-order valence-corrected chi connectivity index (χ2v) is 4.40. The van der Waals surface area contributed by atoms with E-state index in [0.717, 1.165) is 11.5 Å². The summed E-state index contributed by atoms with van der Waals surface area (Å²) >= 11 is 1.67. The van der Waals surface area contributed by atoms with Gasteiger partial charge in [-0.2, -0.15) is 11.8 Å². The fraction of sp³-hybridized carbons (Fsp3) is 0.800. The molecule has 1 saturated heterocycles. The fourth-order valence-corrected chi connectivity index (χ4v) is 3.05. The van der Waals surface area contributed by atoms with E-state index >= 15 is 0 Å². The van der Waals surface area contributed by atoms with Gasteiger partial charge in [0, 0.05) is 23.8 Å². The van der Waals surface area contributed by atoms with Crippen molar-refractivity contribution in [3.05, 3.63) is 0 Å². The van der Waals surface area contributed by atoms with E-state index < -0.39 is 0 Å². The van der Waals surface area contributed by atoms with E-state index in [1.165, 1.54) is 0 Å². The lowest BCUT2D eigenvalue weighted by atomic mass is 9.91. The van der Waals surface area contributed by atoms with Crippen LogP contribution in [0.3, 0.4) is 0 Å². The summed E-state index contributed by atoms with van der Waals surface area (Å²) in [6, 6.07) is 0. The highest BCUT2D eigenvalue weighted by Gasteiger charge is 2.38. The Morgan fingerprint density at radius 3 is 2.50 bits per heavy atom. The molecule has 0 aliphatic carbocycles. The smallest absolute Gasteiger partial charge is 0.310 e. The van der Waals surface area contributed by atoms with Crippen LogP contribution in [0, 0.1) is 11.8 Å². The Kier molecular flexibility index (Phi) is 4.45. The Balaban J connectivity index is 2.59. The number of ketones is 1. The number of carbonyl (C=O) groups excluding carboxylic acids is 2. The Morgan fingerprint density at radius 1 is 1.29 bits per heavy atom. The third-order valence-corrected chi connectivity index (χ3v) is 3.62. The number of ether oxygens (including phenoxy) is 1. The Bertz CT molecular complexity index is 227. The molecule has 14 heavy (non-hydrogen) atoms. The number of Topliss-reactive ketones (excluding diaryl/α,β-unsaturated/α-hetero) is 1. The van der Waals surface area contributed by atoms with Crippen molar-refractivity contribution in [3.8, 4) is 0 Å². The van der Waals surface area contributed by atoms with E-state index in [2.05, 4.69) is 0 Å². The molecule has 0 saturated carbocycles. The standard InChI is InChI=1S/C10H16O3S/c1-3-9(11)7-5-14-6-8(7)10(12)13-4-2/h7-8H,3-6H2,1-2H3. The predicted octanol–water partition coefficient (Wildman–Crippen LogP) is 1.51. The highest BCUT2D eigenvalue weighted by atomic mass is 32.2. The molecule has 0 aromatic heterocycles. The molecule has 3 nitrogen and oxygen atoms in total. The van der Waals surface area contributed by atoms with Crippen molar-refractivity contribution in [1.82, 2.24) is 0 Å². The SMILES string of the molecule is CCOC(=O)C1CSCC1C(=O)CC. The Hall–Kier alpha value is -0.510. The lowest BCUT2D eigenvalue weighted by Gasteiger charge is -2.15. The predicted molar refractivity (Wildman–Crippen MR) is 56.2 cm³/mol. The van der Waals surface area contributed by atoms with Gasteiger partial charge in [0.15, 0.2) is 0 Å². The van der Waals surface area contributed by atoms with E-state index in [1.807, 2.05) is 6.92 Å². The van der Waals surface area contributed by atoms with E-state index in [4.69, 9.17) is 4.74 Å². The molecule has 0 N–H and O–H groups in total. The van der Waals surface area contributed by atoms with Gasteiger partial charge in [-0.1, -0.05) is 6.92 Å². The summed E-state index contributed by atoms with van der Waals surface area (Å²) in [7, 11) is 0. The quantitative estimate of drug-likeness (QED) is 0.668. The van der Waals surface area contributed by atoms with Crippen molar-refractivity contribution < 1.29 is 14.3 Å². The van der Waals surface area contributed by atoms with Gasteiger partial charge in [0.1, 0.15) is 5.78 Å². The number of carbonyl (C=O) groups is 2. The number of rotatable bonds is 4. The molecular weight excluding hydrogens is 200 g/mol. The molecule has 0 radical (unpaired) electrons. The zero-order valence-electron chi connectivity index (χ0n) is 8.62. The lowest BCUT2D eigenvalue weighted by molar-refractivity contribution is -0.150. The largest absolute Gasteiger partial charge is 0.466 e. The van der Waals surface area contributed by atoms with Gasteiger partial charge in [-0.05, 0) is 6.92 Å². The van der Waals surface area contributed by atoms with Crippen molar-refractivity contribution in [1.29, 1.82) is 0 Å². The monoisotopic (exact) mass is 216 g/mol. The topological polar surface area (TPSA) is 43.4 Å². The summed E-state index contributed by atoms with van der Waals surface area (Å²) < 4.78 is 4.95. The van der Waals surface area contributed by atoms with E-state index in [0.29, 0.717) is 13.0 Å². The van der Waals surface area contributed by atoms with Crippen LogP contribution < -0.4 is 0 Å². The summed E-state index contributed by atoms with van der Waals surface area (Å²) in [5.74, 6) is 1.18. The molecule has 0 bridgehead atoms. The molecule has 4 heteroatoms. The molecule has 1 aliphatic rings. The maximum Gasteiger partial charge on any atom is 0.310 e. The third kappa shape index (κ3) is 2.50. The first-order valence-corrected chi connectivity index (χ1v) is 6.13. The van der Waals surface area contributed by atoms with Crippen LogP contribution in [0.15, 0.2) is 0 Å². The minimum Gasteiger partial charge on any atom is -0.466 e. The average molecular weight is 216 g/mol. The second kappa shape index (κ2) is 5.39. The summed E-state index contributed by atoms with van der Waals surface area (Å²) in [4.78, 5) is 23.0. The first-order valence-electron chi connectivity index (χ1n) is 4.97. The maximum absolute atomic E-state index is 11.5. The van der Waals surface area contributed by atoms with Crippen LogP contribution in [0.1, 0.15) is 20.3 Å². The molecule has 1 fully saturated rings. The van der Waals surface area contributed by atoms with Gasteiger partial charge in [0.2, 0.25) is 0 Å². The van der Waals surface area contributed by atoms with Crippen LogP contribution in [0.2, 0.25) is 0 Å². The van der Waals surface area contributed by atoms with Gasteiger partial charge in [-0.3, -0.25) is 9.59 Å². The van der Waals surface area contributed by atoms with Gasteiger partial charge in [-0.15, -0.1) is 0 Å². The van der Waals surface area contributed by atoms with Gasteiger partial charge in [0.05, 0.1) is 12.5 Å². The van der Waals surface area contributed by atoms with Crippen molar-refractivity contribution in [2.75, 3.05) is 18.1 Å². The molecule has 80 valence electrons. The van der Waals surface area contributed by atoms with Gasteiger partial charge >= 0.3 is 5.97 Å². The summed E-state index contributed by atoms with van der Waals surface area (Å²) in [5.41, 5.74) is 0. The molecule has 0 aromatic rings. The molecule has 0 spiro atoms. The minimum atomic E-state index is -0.204. The van der Waals surface area contributed by atoms with Crippen molar-refractivity contribution >= 4 is 23.5 Å². The first-order chi connectivity index (χ1) is 6.70. The number of esters is 1. The molecular formula is C10H16O3S. The summed E-state index contributed by atoms with van der Waals surface area (Å²) in [5, 5.41) is 0. The minimum absolute atomic E-state index is 0.107. The third-order valence-electron chi connectivity index (χ3n) is 2.43. The molecule has 0 aromatic carbocycles. The average Bonchev–Trinajstić information content (AvgIpc) is 2.65. The van der Waals surface area contributed by atoms with Crippen LogP contribution in [-0.4, -0.2) is 29.9 Å². The van der Waals surface area contributed by atoms with Crippen LogP contribution in [0.25, 0.3) is 0 Å². The molecule has 1 aliphatic heterocycles. The molecule has 0 amide bonds. The van der Waals surface area contributed by atoms with Gasteiger partial charge < -0.3 is 4.74 Å². The van der Waals surface area contributed by atoms with Crippen LogP contribution >= 0.6 is 11.8 Å². The van der Waals surface area contributed by atoms with Gasteiger partial charge in [-0.25, -0.2) is 0 Å². The van der Waals surface area contributed by atoms with E-state index in [1.54, 1.807) is 18.7 Å². The van der Waals surface area contributed by atoms with E-state index in [-0.39, 0.29) is 23.6 Å². The van der Waals surface area contributed by atoms with Crippen molar-refractivity contribution in [2.45, 2.75) is 20.3 Å². The van der Waals surface area contributed by atoms with Gasteiger partial charge in [0.25, 0.3) is 0 Å².